The molecule has 1 aliphatic rings. The smallest absolute Gasteiger partial charge is 0.338 e. The van der Waals surface area contributed by atoms with Crippen LogP contribution in [0.1, 0.15) is 65.4 Å². The lowest BCUT2D eigenvalue weighted by Gasteiger charge is -2.22. The Bertz CT molecular complexity index is 1270. The quantitative estimate of drug-likeness (QED) is 0.344. The van der Waals surface area contributed by atoms with E-state index in [1.807, 2.05) is 6.92 Å². The van der Waals surface area contributed by atoms with Gasteiger partial charge in [0.15, 0.2) is 5.69 Å². The number of rotatable bonds is 6. The molecular formula is C26H26Cl3N3O3. The van der Waals surface area contributed by atoms with Crippen LogP contribution in [0, 0.1) is 6.92 Å². The maximum Gasteiger partial charge on any atom is 0.338 e. The number of amides is 1. The predicted molar refractivity (Wildman–Crippen MR) is 139 cm³/mol. The molecule has 0 radical (unpaired) electrons. The van der Waals surface area contributed by atoms with Crippen LogP contribution >= 0.6 is 34.8 Å². The van der Waals surface area contributed by atoms with Crippen LogP contribution in [0.4, 0.5) is 0 Å². The van der Waals surface area contributed by atoms with E-state index in [1.54, 1.807) is 41.9 Å². The first-order valence-electron chi connectivity index (χ1n) is 11.6. The van der Waals surface area contributed by atoms with Crippen molar-refractivity contribution in [2.24, 2.45) is 0 Å². The van der Waals surface area contributed by atoms with E-state index < -0.39 is 5.97 Å². The number of benzene rings is 2. The second kappa shape index (κ2) is 11.0. The van der Waals surface area contributed by atoms with Crippen LogP contribution in [-0.4, -0.2) is 34.3 Å². The Hall–Kier alpha value is -2.54. The van der Waals surface area contributed by atoms with Crippen LogP contribution in [0.2, 0.25) is 15.1 Å². The molecule has 1 aromatic heterocycles. The van der Waals surface area contributed by atoms with Gasteiger partial charge in [-0.05, 0) is 63.1 Å². The third-order valence-electron chi connectivity index (χ3n) is 6.15. The number of nitrogens with zero attached hydrogens (tertiary/aromatic N) is 2. The van der Waals surface area contributed by atoms with E-state index in [9.17, 15) is 9.59 Å². The molecule has 1 aliphatic carbocycles. The topological polar surface area (TPSA) is 73.2 Å². The first-order valence-corrected chi connectivity index (χ1v) is 12.8. The van der Waals surface area contributed by atoms with Crippen LogP contribution in [0.25, 0.3) is 16.9 Å². The lowest BCUT2D eigenvalue weighted by atomic mass is 9.95. The second-order valence-electron chi connectivity index (χ2n) is 8.55. The summed E-state index contributed by atoms with van der Waals surface area (Å²) >= 11 is 19.3. The van der Waals surface area contributed by atoms with Gasteiger partial charge < -0.3 is 10.1 Å². The van der Waals surface area contributed by atoms with Crippen molar-refractivity contribution in [1.82, 2.24) is 15.1 Å². The van der Waals surface area contributed by atoms with Gasteiger partial charge in [0.1, 0.15) is 0 Å². The minimum Gasteiger partial charge on any atom is -0.462 e. The van der Waals surface area contributed by atoms with Crippen LogP contribution in [0.5, 0.6) is 0 Å². The number of aromatic nitrogens is 2. The molecule has 1 saturated carbocycles. The molecule has 6 nitrogen and oxygen atoms in total. The van der Waals surface area contributed by atoms with Crippen LogP contribution in [-0.2, 0) is 4.74 Å². The van der Waals surface area contributed by atoms with Crippen LogP contribution in [0.15, 0.2) is 36.4 Å². The van der Waals surface area contributed by atoms with Gasteiger partial charge in [-0.2, -0.15) is 5.10 Å². The number of hydrogen-bond acceptors (Lipinski definition) is 4. The van der Waals surface area contributed by atoms with Gasteiger partial charge in [-0.1, -0.05) is 54.1 Å². The molecule has 4 rings (SSSR count). The predicted octanol–water partition coefficient (Wildman–Crippen LogP) is 7.05. The molecule has 0 unspecified atom stereocenters. The summed E-state index contributed by atoms with van der Waals surface area (Å²) in [6.07, 6.45) is 5.32. The fourth-order valence-corrected chi connectivity index (χ4v) is 5.16. The molecule has 0 atom stereocenters. The van der Waals surface area contributed by atoms with Crippen molar-refractivity contribution >= 4 is 46.7 Å². The van der Waals surface area contributed by atoms with E-state index in [0.29, 0.717) is 43.8 Å². The molecule has 184 valence electrons. The van der Waals surface area contributed by atoms with Gasteiger partial charge >= 0.3 is 5.97 Å². The number of carbonyl (C=O) groups excluding carboxylic acids is 2. The number of halogens is 3. The zero-order valence-corrected chi connectivity index (χ0v) is 21.8. The summed E-state index contributed by atoms with van der Waals surface area (Å²) in [5.41, 5.74) is 3.05. The summed E-state index contributed by atoms with van der Waals surface area (Å²) < 4.78 is 6.67. The molecule has 1 fully saturated rings. The molecule has 3 aromatic rings. The highest BCUT2D eigenvalue weighted by atomic mass is 35.5. The Morgan fingerprint density at radius 2 is 1.80 bits per heavy atom. The van der Waals surface area contributed by atoms with Crippen molar-refractivity contribution < 1.29 is 14.3 Å². The molecule has 0 saturated heterocycles. The third-order valence-corrected chi connectivity index (χ3v) is 7.00. The van der Waals surface area contributed by atoms with Crippen molar-refractivity contribution in [1.29, 1.82) is 0 Å². The number of esters is 1. The summed E-state index contributed by atoms with van der Waals surface area (Å²) in [6.45, 7) is 3.83. The van der Waals surface area contributed by atoms with E-state index in [4.69, 9.17) is 39.5 Å². The molecule has 9 heteroatoms. The lowest BCUT2D eigenvalue weighted by molar-refractivity contribution is 0.0526. The minimum absolute atomic E-state index is 0.135. The van der Waals surface area contributed by atoms with Gasteiger partial charge in [0.05, 0.1) is 33.6 Å². The zero-order valence-electron chi connectivity index (χ0n) is 19.5. The average molecular weight is 535 g/mol. The maximum absolute atomic E-state index is 13.3. The third kappa shape index (κ3) is 5.50. The fraction of sp³-hybridized carbons (Fsp3) is 0.346. The van der Waals surface area contributed by atoms with Crippen molar-refractivity contribution in [3.63, 3.8) is 0 Å². The Labute approximate surface area is 219 Å². The van der Waals surface area contributed by atoms with Gasteiger partial charge in [-0.25, -0.2) is 9.48 Å². The summed E-state index contributed by atoms with van der Waals surface area (Å²) in [5.74, 6) is -0.704. The Kier molecular flexibility index (Phi) is 8.05. The monoisotopic (exact) mass is 533 g/mol. The molecule has 1 heterocycles. The SMILES string of the molecule is CCOC(=O)c1ccc(-n2nc(C(=O)NC3CCCCC3)c(C)c2-c2ccc(Cl)cc2Cl)c(Cl)c1. The molecule has 0 aliphatic heterocycles. The highest BCUT2D eigenvalue weighted by molar-refractivity contribution is 6.36. The summed E-state index contributed by atoms with van der Waals surface area (Å²) in [7, 11) is 0. The Morgan fingerprint density at radius 1 is 1.06 bits per heavy atom. The van der Waals surface area contributed by atoms with Gasteiger partial charge in [-0.3, -0.25) is 4.79 Å². The average Bonchev–Trinajstić information content (AvgIpc) is 3.16. The van der Waals surface area contributed by atoms with E-state index in [0.717, 1.165) is 25.7 Å². The fourth-order valence-electron chi connectivity index (χ4n) is 4.40. The molecular weight excluding hydrogens is 509 g/mol. The van der Waals surface area contributed by atoms with Crippen LogP contribution < -0.4 is 5.32 Å². The molecule has 35 heavy (non-hydrogen) atoms. The van der Waals surface area contributed by atoms with Crippen molar-refractivity contribution in [2.75, 3.05) is 6.61 Å². The van der Waals surface area contributed by atoms with Crippen molar-refractivity contribution in [2.45, 2.75) is 52.0 Å². The van der Waals surface area contributed by atoms with Crippen molar-refractivity contribution in [3.05, 3.63) is 68.3 Å². The molecule has 0 bridgehead atoms. The molecule has 1 N–H and O–H groups in total. The maximum atomic E-state index is 13.3. The minimum atomic E-state index is -0.467. The number of carbonyl (C=O) groups is 2. The van der Waals surface area contributed by atoms with Gasteiger partial charge in [0.25, 0.3) is 5.91 Å². The van der Waals surface area contributed by atoms with Gasteiger partial charge in [0.2, 0.25) is 0 Å². The van der Waals surface area contributed by atoms with Gasteiger partial charge in [-0.15, -0.1) is 0 Å². The normalized spacial score (nSPS) is 14.1. The highest BCUT2D eigenvalue weighted by Gasteiger charge is 2.26. The standard InChI is InChI=1S/C26H26Cl3N3O3/c1-3-35-26(34)16-9-12-22(21(29)13-16)32-24(19-11-10-17(27)14-20(19)28)15(2)23(31-32)25(33)30-18-7-5-4-6-8-18/h9-14,18H,3-8H2,1-2H3,(H,30,33). The summed E-state index contributed by atoms with van der Waals surface area (Å²) in [6, 6.07) is 10.1. The number of hydrogen-bond donors (Lipinski definition) is 1. The summed E-state index contributed by atoms with van der Waals surface area (Å²) in [5, 5.41) is 9.00. The second-order valence-corrected chi connectivity index (χ2v) is 9.80. The molecule has 1 amide bonds. The molecule has 0 spiro atoms. The Morgan fingerprint density at radius 3 is 2.46 bits per heavy atom. The summed E-state index contributed by atoms with van der Waals surface area (Å²) in [4.78, 5) is 25.4. The van der Waals surface area contributed by atoms with Gasteiger partial charge in [0, 0.05) is 22.2 Å². The number of ether oxygens (including phenoxy) is 1. The van der Waals surface area contributed by atoms with E-state index in [1.165, 1.54) is 12.5 Å². The first-order chi connectivity index (χ1) is 16.8. The van der Waals surface area contributed by atoms with Crippen molar-refractivity contribution in [3.8, 4) is 16.9 Å². The van der Waals surface area contributed by atoms with E-state index in [-0.39, 0.29) is 23.6 Å². The largest absolute Gasteiger partial charge is 0.462 e. The number of nitrogens with one attached hydrogen (secondary N) is 1. The zero-order chi connectivity index (χ0) is 25.1. The Balaban J connectivity index is 1.81. The molecule has 2 aromatic carbocycles. The highest BCUT2D eigenvalue weighted by Crippen LogP contribution is 2.37. The lowest BCUT2D eigenvalue weighted by Crippen LogP contribution is -2.36. The van der Waals surface area contributed by atoms with Crippen LogP contribution in [0.3, 0.4) is 0 Å². The first kappa shape index (κ1) is 25.5. The van der Waals surface area contributed by atoms with E-state index in [2.05, 4.69) is 10.4 Å². The van der Waals surface area contributed by atoms with E-state index >= 15 is 0 Å².